The van der Waals surface area contributed by atoms with Gasteiger partial charge in [0.25, 0.3) is 0 Å². The van der Waals surface area contributed by atoms with E-state index in [2.05, 4.69) is 20.8 Å². The molecule has 0 aromatic heterocycles. The maximum Gasteiger partial charge on any atom is 0.179 e. The Morgan fingerprint density at radius 3 is 2.33 bits per heavy atom. The van der Waals surface area contributed by atoms with Crippen LogP contribution in [0.2, 0.25) is 0 Å². The van der Waals surface area contributed by atoms with Gasteiger partial charge in [-0.25, -0.2) is 8.42 Å². The molecule has 0 aliphatic carbocycles. The first kappa shape index (κ1) is 14.7. The quantitative estimate of drug-likeness (QED) is 0.844. The molecule has 0 fully saturated rings. The summed E-state index contributed by atoms with van der Waals surface area (Å²) in [5, 5.41) is 8.48. The largest absolute Gasteiger partial charge is 0.224 e. The van der Waals surface area contributed by atoms with E-state index >= 15 is 0 Å². The Kier molecular flexibility index (Phi) is 4.18. The van der Waals surface area contributed by atoms with Gasteiger partial charge in [0.15, 0.2) is 9.84 Å². The standard InChI is InChI=1S/C14H19NO2S/c1-11-10-12(14(2,3)4)6-7-13(11)18(16,17)9-5-8-15/h6-7,10H,5,9H2,1-4H3. The predicted molar refractivity (Wildman–Crippen MR) is 72.2 cm³/mol. The molecule has 1 rings (SSSR count). The maximum atomic E-state index is 12.0. The average molecular weight is 265 g/mol. The Labute approximate surface area is 109 Å². The molecule has 4 heteroatoms. The van der Waals surface area contributed by atoms with E-state index in [1.54, 1.807) is 13.0 Å². The van der Waals surface area contributed by atoms with Crippen molar-refractivity contribution in [3.63, 3.8) is 0 Å². The molecule has 98 valence electrons. The third-order valence-electron chi connectivity index (χ3n) is 2.86. The van der Waals surface area contributed by atoms with Crippen LogP contribution >= 0.6 is 0 Å². The highest BCUT2D eigenvalue weighted by molar-refractivity contribution is 7.91. The van der Waals surface area contributed by atoms with Crippen molar-refractivity contribution < 1.29 is 8.42 Å². The maximum absolute atomic E-state index is 12.0. The molecule has 0 atom stereocenters. The van der Waals surface area contributed by atoms with Gasteiger partial charge in [0.2, 0.25) is 0 Å². The fourth-order valence-electron chi connectivity index (χ4n) is 1.75. The molecule has 1 aromatic carbocycles. The zero-order valence-electron chi connectivity index (χ0n) is 11.3. The van der Waals surface area contributed by atoms with Gasteiger partial charge in [-0.15, -0.1) is 0 Å². The summed E-state index contributed by atoms with van der Waals surface area (Å²) in [6.07, 6.45) is 0.0306. The molecule has 0 bridgehead atoms. The van der Waals surface area contributed by atoms with Gasteiger partial charge in [-0.05, 0) is 29.5 Å². The fourth-order valence-corrected chi connectivity index (χ4v) is 3.16. The number of benzene rings is 1. The molecule has 0 heterocycles. The summed E-state index contributed by atoms with van der Waals surface area (Å²) in [5.74, 6) is -0.112. The van der Waals surface area contributed by atoms with Crippen molar-refractivity contribution in [1.82, 2.24) is 0 Å². The van der Waals surface area contributed by atoms with Crippen LogP contribution in [-0.4, -0.2) is 14.2 Å². The monoisotopic (exact) mass is 265 g/mol. The van der Waals surface area contributed by atoms with Gasteiger partial charge in [0.05, 0.1) is 16.7 Å². The van der Waals surface area contributed by atoms with Crippen LogP contribution in [0, 0.1) is 18.3 Å². The summed E-state index contributed by atoms with van der Waals surface area (Å²) in [4.78, 5) is 0.339. The van der Waals surface area contributed by atoms with E-state index in [0.29, 0.717) is 4.90 Å². The normalized spacial score (nSPS) is 12.2. The molecule has 0 spiro atoms. The highest BCUT2D eigenvalue weighted by Gasteiger charge is 2.20. The summed E-state index contributed by atoms with van der Waals surface area (Å²) in [7, 11) is -3.34. The first-order valence-corrected chi connectivity index (χ1v) is 7.54. The van der Waals surface area contributed by atoms with Crippen LogP contribution in [-0.2, 0) is 15.3 Å². The van der Waals surface area contributed by atoms with Gasteiger partial charge < -0.3 is 0 Å². The van der Waals surface area contributed by atoms with Gasteiger partial charge in [0.1, 0.15) is 0 Å². The van der Waals surface area contributed by atoms with Crippen LogP contribution in [0.4, 0.5) is 0 Å². The summed E-state index contributed by atoms with van der Waals surface area (Å²) < 4.78 is 24.0. The minimum atomic E-state index is -3.34. The van der Waals surface area contributed by atoms with E-state index in [0.717, 1.165) is 11.1 Å². The zero-order valence-corrected chi connectivity index (χ0v) is 12.1. The van der Waals surface area contributed by atoms with E-state index < -0.39 is 9.84 Å². The Morgan fingerprint density at radius 1 is 1.28 bits per heavy atom. The molecular formula is C14H19NO2S. The van der Waals surface area contributed by atoms with Crippen LogP contribution in [0.5, 0.6) is 0 Å². The lowest BCUT2D eigenvalue weighted by Crippen LogP contribution is -2.13. The smallest absolute Gasteiger partial charge is 0.179 e. The highest BCUT2D eigenvalue weighted by atomic mass is 32.2. The fraction of sp³-hybridized carbons (Fsp3) is 0.500. The number of hydrogen-bond donors (Lipinski definition) is 0. The Morgan fingerprint density at radius 2 is 1.89 bits per heavy atom. The Balaban J connectivity index is 3.19. The number of nitrogens with zero attached hydrogens (tertiary/aromatic N) is 1. The second-order valence-corrected chi connectivity index (χ2v) is 7.53. The topological polar surface area (TPSA) is 57.9 Å². The predicted octanol–water partition coefficient (Wildman–Crippen LogP) is 2.98. The zero-order chi connectivity index (χ0) is 14.0. The highest BCUT2D eigenvalue weighted by Crippen LogP contribution is 2.26. The molecule has 18 heavy (non-hydrogen) atoms. The van der Waals surface area contributed by atoms with Gasteiger partial charge in [-0.3, -0.25) is 0 Å². The first-order valence-electron chi connectivity index (χ1n) is 5.89. The molecule has 0 unspecified atom stereocenters. The van der Waals surface area contributed by atoms with Crippen molar-refractivity contribution in [2.24, 2.45) is 0 Å². The summed E-state index contributed by atoms with van der Waals surface area (Å²) in [6, 6.07) is 7.29. The van der Waals surface area contributed by atoms with Crippen molar-refractivity contribution in [3.8, 4) is 6.07 Å². The first-order chi connectivity index (χ1) is 8.18. The lowest BCUT2D eigenvalue weighted by Gasteiger charge is -2.20. The van der Waals surface area contributed by atoms with Gasteiger partial charge in [-0.1, -0.05) is 32.9 Å². The molecule has 0 saturated heterocycles. The second-order valence-electron chi connectivity index (χ2n) is 5.46. The minimum Gasteiger partial charge on any atom is -0.224 e. The van der Waals surface area contributed by atoms with Crippen molar-refractivity contribution in [1.29, 1.82) is 5.26 Å². The minimum absolute atomic E-state index is 0.000292. The lowest BCUT2D eigenvalue weighted by molar-refractivity contribution is 0.585. The summed E-state index contributed by atoms with van der Waals surface area (Å²) in [5.41, 5.74) is 1.86. The lowest BCUT2D eigenvalue weighted by atomic mass is 9.86. The second kappa shape index (κ2) is 5.11. The van der Waals surface area contributed by atoms with E-state index in [4.69, 9.17) is 5.26 Å². The summed E-state index contributed by atoms with van der Waals surface area (Å²) >= 11 is 0. The van der Waals surface area contributed by atoms with Crippen LogP contribution < -0.4 is 0 Å². The van der Waals surface area contributed by atoms with Crippen molar-refractivity contribution >= 4 is 9.84 Å². The van der Waals surface area contributed by atoms with Crippen molar-refractivity contribution in [2.75, 3.05) is 5.75 Å². The number of rotatable bonds is 3. The third-order valence-corrected chi connectivity index (χ3v) is 4.73. The van der Waals surface area contributed by atoms with Gasteiger partial charge >= 0.3 is 0 Å². The van der Waals surface area contributed by atoms with E-state index in [9.17, 15) is 8.42 Å². The van der Waals surface area contributed by atoms with Crippen LogP contribution in [0.1, 0.15) is 38.3 Å². The number of sulfone groups is 1. The van der Waals surface area contributed by atoms with E-state index in [-0.39, 0.29) is 17.6 Å². The Bertz CT molecular complexity index is 575. The SMILES string of the molecule is Cc1cc(C(C)(C)C)ccc1S(=O)(=O)CCC#N. The molecular weight excluding hydrogens is 246 g/mol. The summed E-state index contributed by atoms with van der Waals surface area (Å²) in [6.45, 7) is 8.07. The van der Waals surface area contributed by atoms with Crippen LogP contribution in [0.15, 0.2) is 23.1 Å². The molecule has 0 saturated carbocycles. The third kappa shape index (κ3) is 3.33. The number of nitriles is 1. The van der Waals surface area contributed by atoms with Crippen LogP contribution in [0.3, 0.4) is 0 Å². The average Bonchev–Trinajstić information content (AvgIpc) is 2.24. The Hall–Kier alpha value is -1.34. The molecule has 0 aliphatic rings. The van der Waals surface area contributed by atoms with Gasteiger partial charge in [0, 0.05) is 6.42 Å². The van der Waals surface area contributed by atoms with Crippen molar-refractivity contribution in [3.05, 3.63) is 29.3 Å². The molecule has 0 N–H and O–H groups in total. The molecule has 1 aromatic rings. The van der Waals surface area contributed by atoms with Gasteiger partial charge in [-0.2, -0.15) is 5.26 Å². The molecule has 3 nitrogen and oxygen atoms in total. The molecule has 0 aliphatic heterocycles. The number of hydrogen-bond acceptors (Lipinski definition) is 3. The van der Waals surface area contributed by atoms with E-state index in [1.165, 1.54) is 0 Å². The van der Waals surface area contributed by atoms with Crippen molar-refractivity contribution in [2.45, 2.75) is 44.4 Å². The number of aryl methyl sites for hydroxylation is 1. The molecule has 0 radical (unpaired) electrons. The molecule has 0 amide bonds. The van der Waals surface area contributed by atoms with E-state index in [1.807, 2.05) is 18.2 Å². The van der Waals surface area contributed by atoms with Crippen LogP contribution in [0.25, 0.3) is 0 Å².